The summed E-state index contributed by atoms with van der Waals surface area (Å²) in [5.41, 5.74) is 1.77. The topological polar surface area (TPSA) is 40.5 Å². The highest BCUT2D eigenvalue weighted by Crippen LogP contribution is 2.40. The number of halogens is 4. The van der Waals surface area contributed by atoms with Gasteiger partial charge in [0.15, 0.2) is 0 Å². The highest BCUT2D eigenvalue weighted by atomic mass is 35.5. The molecule has 1 N–H and O–H groups in total. The van der Waals surface area contributed by atoms with Crippen LogP contribution in [0.15, 0.2) is 36.4 Å². The molecule has 0 unspecified atom stereocenters. The van der Waals surface area contributed by atoms with E-state index in [2.05, 4.69) is 4.90 Å². The summed E-state index contributed by atoms with van der Waals surface area (Å²) in [6, 6.07) is 10.6. The largest absolute Gasteiger partial charge is 0.481 e. The fraction of sp³-hybridized carbons (Fsp3) is 0.316. The summed E-state index contributed by atoms with van der Waals surface area (Å²) in [5.74, 6) is -1.05. The monoisotopic (exact) mass is 431 g/mol. The van der Waals surface area contributed by atoms with Crippen molar-refractivity contribution in [1.29, 1.82) is 0 Å². The highest BCUT2D eigenvalue weighted by Gasteiger charge is 2.32. The summed E-state index contributed by atoms with van der Waals surface area (Å²) >= 11 is 25.1. The lowest BCUT2D eigenvalue weighted by atomic mass is 9.91. The number of nitrogens with zero attached hydrogens (tertiary/aromatic N) is 1. The fourth-order valence-corrected chi connectivity index (χ4v) is 4.44. The number of carboxylic acid groups (broad SMARTS) is 1. The van der Waals surface area contributed by atoms with Crippen molar-refractivity contribution in [3.63, 3.8) is 0 Å². The van der Waals surface area contributed by atoms with E-state index in [-0.39, 0.29) is 12.0 Å². The minimum atomic E-state index is -0.741. The summed E-state index contributed by atoms with van der Waals surface area (Å²) in [7, 11) is 0. The molecule has 0 amide bonds. The minimum Gasteiger partial charge on any atom is -0.481 e. The first-order valence-corrected chi connectivity index (χ1v) is 9.74. The molecule has 1 fully saturated rings. The maximum Gasteiger partial charge on any atom is 0.306 e. The number of carbonyl (C=O) groups is 1. The standard InChI is InChI=1S/C19H17Cl4NO2/c20-12-1-3-14(16(22)9-12)18(15-4-2-13(21)10-17(15)23)24-7-5-11(6-8-24)19(25)26/h1-4,9-11,18H,5-8H2,(H,25,26). The molecule has 138 valence electrons. The van der Waals surface area contributed by atoms with E-state index in [4.69, 9.17) is 46.4 Å². The zero-order valence-corrected chi connectivity index (χ0v) is 16.8. The molecule has 1 heterocycles. The first-order chi connectivity index (χ1) is 12.4. The highest BCUT2D eigenvalue weighted by molar-refractivity contribution is 6.36. The van der Waals surface area contributed by atoms with Crippen LogP contribution in [0.3, 0.4) is 0 Å². The fourth-order valence-electron chi connectivity index (χ4n) is 3.41. The maximum absolute atomic E-state index is 11.3. The summed E-state index contributed by atoms with van der Waals surface area (Å²) < 4.78 is 0. The molecule has 26 heavy (non-hydrogen) atoms. The van der Waals surface area contributed by atoms with Crippen LogP contribution in [0.4, 0.5) is 0 Å². The van der Waals surface area contributed by atoms with Gasteiger partial charge in [0.25, 0.3) is 0 Å². The van der Waals surface area contributed by atoms with Gasteiger partial charge in [-0.3, -0.25) is 9.69 Å². The van der Waals surface area contributed by atoms with Gasteiger partial charge in [-0.05, 0) is 61.3 Å². The van der Waals surface area contributed by atoms with Gasteiger partial charge in [0, 0.05) is 20.1 Å². The Morgan fingerprint density at radius 3 is 1.77 bits per heavy atom. The molecule has 3 rings (SSSR count). The van der Waals surface area contributed by atoms with Gasteiger partial charge in [0.1, 0.15) is 0 Å². The molecule has 0 atom stereocenters. The summed E-state index contributed by atoms with van der Waals surface area (Å²) in [6.45, 7) is 1.28. The van der Waals surface area contributed by atoms with E-state index in [0.717, 1.165) is 11.1 Å². The number of benzene rings is 2. The molecule has 2 aromatic carbocycles. The van der Waals surface area contributed by atoms with Crippen molar-refractivity contribution in [3.05, 3.63) is 67.6 Å². The second-order valence-corrected chi connectivity index (χ2v) is 8.07. The van der Waals surface area contributed by atoms with Gasteiger partial charge >= 0.3 is 5.97 Å². The number of aliphatic carboxylic acids is 1. The molecule has 1 saturated heterocycles. The lowest BCUT2D eigenvalue weighted by Gasteiger charge is -2.37. The number of rotatable bonds is 4. The first-order valence-electron chi connectivity index (χ1n) is 8.23. The van der Waals surface area contributed by atoms with E-state index in [9.17, 15) is 9.90 Å². The van der Waals surface area contributed by atoms with Crippen LogP contribution in [0.5, 0.6) is 0 Å². The maximum atomic E-state index is 11.3. The quantitative estimate of drug-likeness (QED) is 0.626. The van der Waals surface area contributed by atoms with Crippen molar-refractivity contribution in [2.45, 2.75) is 18.9 Å². The van der Waals surface area contributed by atoms with Gasteiger partial charge in [-0.2, -0.15) is 0 Å². The van der Waals surface area contributed by atoms with Crippen molar-refractivity contribution < 1.29 is 9.90 Å². The van der Waals surface area contributed by atoms with Crippen molar-refractivity contribution in [1.82, 2.24) is 4.90 Å². The van der Waals surface area contributed by atoms with Gasteiger partial charge < -0.3 is 5.11 Å². The van der Waals surface area contributed by atoms with Crippen molar-refractivity contribution in [3.8, 4) is 0 Å². The van der Waals surface area contributed by atoms with E-state index in [1.807, 2.05) is 12.1 Å². The second-order valence-electron chi connectivity index (χ2n) is 6.38. The zero-order valence-electron chi connectivity index (χ0n) is 13.8. The van der Waals surface area contributed by atoms with E-state index in [0.29, 0.717) is 46.0 Å². The molecule has 0 radical (unpaired) electrons. The molecule has 0 spiro atoms. The Labute approximate surface area is 172 Å². The van der Waals surface area contributed by atoms with E-state index >= 15 is 0 Å². The Balaban J connectivity index is 2.01. The molecule has 0 bridgehead atoms. The SMILES string of the molecule is O=C(O)C1CCN(C(c2ccc(Cl)cc2Cl)c2ccc(Cl)cc2Cl)CC1. The molecule has 0 saturated carbocycles. The average Bonchev–Trinajstić information content (AvgIpc) is 2.59. The number of piperidine rings is 1. The Bertz CT molecular complexity index is 768. The van der Waals surface area contributed by atoms with Crippen molar-refractivity contribution in [2.24, 2.45) is 5.92 Å². The van der Waals surface area contributed by atoms with Gasteiger partial charge in [0.2, 0.25) is 0 Å². The Morgan fingerprint density at radius 1 is 0.923 bits per heavy atom. The molecule has 1 aliphatic heterocycles. The van der Waals surface area contributed by atoms with Crippen LogP contribution in [-0.4, -0.2) is 29.1 Å². The summed E-state index contributed by atoms with van der Waals surface area (Å²) in [6.07, 6.45) is 1.17. The molecule has 3 nitrogen and oxygen atoms in total. The van der Waals surface area contributed by atoms with Gasteiger partial charge in [0.05, 0.1) is 12.0 Å². The lowest BCUT2D eigenvalue weighted by molar-refractivity contribution is -0.143. The Kier molecular flexibility index (Phi) is 6.37. The van der Waals surface area contributed by atoms with Crippen LogP contribution in [0.1, 0.15) is 30.0 Å². The van der Waals surface area contributed by atoms with Crippen LogP contribution in [0.25, 0.3) is 0 Å². The van der Waals surface area contributed by atoms with Crippen LogP contribution >= 0.6 is 46.4 Å². The number of carboxylic acids is 1. The third-order valence-electron chi connectivity index (χ3n) is 4.76. The predicted molar refractivity (Wildman–Crippen MR) is 107 cm³/mol. The van der Waals surface area contributed by atoms with Crippen molar-refractivity contribution >= 4 is 52.4 Å². The lowest BCUT2D eigenvalue weighted by Crippen LogP contribution is -2.39. The summed E-state index contributed by atoms with van der Waals surface area (Å²) in [4.78, 5) is 13.5. The Hall–Kier alpha value is -0.970. The van der Waals surface area contributed by atoms with E-state index in [1.165, 1.54) is 0 Å². The predicted octanol–water partition coefficient (Wildman–Crippen LogP) is 6.19. The molecule has 7 heteroatoms. The van der Waals surface area contributed by atoms with Crippen LogP contribution < -0.4 is 0 Å². The number of likely N-dealkylation sites (tertiary alicyclic amines) is 1. The molecular weight excluding hydrogens is 416 g/mol. The summed E-state index contributed by atoms with van der Waals surface area (Å²) in [5, 5.41) is 11.5. The first kappa shape index (κ1) is 19.8. The smallest absolute Gasteiger partial charge is 0.306 e. The van der Waals surface area contributed by atoms with Gasteiger partial charge in [-0.25, -0.2) is 0 Å². The van der Waals surface area contributed by atoms with Crippen LogP contribution in [-0.2, 0) is 4.79 Å². The van der Waals surface area contributed by atoms with Crippen LogP contribution in [0, 0.1) is 5.92 Å². The third-order valence-corrected chi connectivity index (χ3v) is 5.88. The van der Waals surface area contributed by atoms with E-state index < -0.39 is 5.97 Å². The molecular formula is C19H17Cl4NO2. The Morgan fingerprint density at radius 2 is 1.38 bits per heavy atom. The zero-order chi connectivity index (χ0) is 18.8. The van der Waals surface area contributed by atoms with Gasteiger partial charge in [-0.1, -0.05) is 58.5 Å². The molecule has 1 aliphatic rings. The molecule has 0 aliphatic carbocycles. The third kappa shape index (κ3) is 4.29. The number of hydrogen-bond donors (Lipinski definition) is 1. The van der Waals surface area contributed by atoms with Gasteiger partial charge in [-0.15, -0.1) is 0 Å². The molecule has 0 aromatic heterocycles. The normalized spacial score (nSPS) is 16.2. The minimum absolute atomic E-state index is 0.195. The second kappa shape index (κ2) is 8.37. The van der Waals surface area contributed by atoms with E-state index in [1.54, 1.807) is 24.3 Å². The van der Waals surface area contributed by atoms with Crippen LogP contribution in [0.2, 0.25) is 20.1 Å². The average molecular weight is 433 g/mol. The van der Waals surface area contributed by atoms with Crippen molar-refractivity contribution in [2.75, 3.05) is 13.1 Å². The number of hydrogen-bond acceptors (Lipinski definition) is 2. The molecule has 2 aromatic rings.